The highest BCUT2D eigenvalue weighted by molar-refractivity contribution is 7.95. The average molecular weight is 393 g/mol. The summed E-state index contributed by atoms with van der Waals surface area (Å²) in [4.78, 5) is -0.0782. The van der Waals surface area contributed by atoms with Crippen LogP contribution < -0.4 is 5.32 Å². The summed E-state index contributed by atoms with van der Waals surface area (Å²) in [7, 11) is -3.82. The third-order valence-corrected chi connectivity index (χ3v) is 5.14. The maximum Gasteiger partial charge on any atom is 0.416 e. The van der Waals surface area contributed by atoms with Gasteiger partial charge in [0.05, 0.1) is 27.1 Å². The Kier molecular flexibility index (Phi) is 4.06. The van der Waals surface area contributed by atoms with Gasteiger partial charge in [0, 0.05) is 11.3 Å². The van der Waals surface area contributed by atoms with E-state index in [1.807, 2.05) is 0 Å². The molecule has 1 heterocycles. The molecule has 1 aliphatic heterocycles. The Bertz CT molecular complexity index is 974. The molecule has 0 spiro atoms. The smallest absolute Gasteiger partial charge is 0.354 e. The monoisotopic (exact) mass is 393 g/mol. The average Bonchev–Trinajstić information content (AvgIpc) is 2.77. The lowest BCUT2D eigenvalue weighted by Crippen LogP contribution is -2.12. The molecule has 0 aliphatic carbocycles. The highest BCUT2D eigenvalue weighted by atomic mass is 32.2. The first-order valence-corrected chi connectivity index (χ1v) is 8.55. The SMILES string of the molecule is O=S1(=O)C=C(Nc2cc(C(F)(F)F)cc(C(F)(F)F)c2)c2ccccc21. The van der Waals surface area contributed by atoms with Crippen molar-refractivity contribution in [3.8, 4) is 0 Å². The molecule has 1 aliphatic rings. The molecule has 0 unspecified atom stereocenters. The second kappa shape index (κ2) is 5.76. The number of nitrogens with one attached hydrogen (secondary N) is 1. The van der Waals surface area contributed by atoms with Crippen LogP contribution in [0.15, 0.2) is 52.8 Å². The number of hydrogen-bond donors (Lipinski definition) is 1. The second-order valence-corrected chi connectivity index (χ2v) is 7.26. The molecule has 0 radical (unpaired) electrons. The Morgan fingerprint density at radius 2 is 1.35 bits per heavy atom. The van der Waals surface area contributed by atoms with E-state index in [1.54, 1.807) is 0 Å². The van der Waals surface area contributed by atoms with Crippen molar-refractivity contribution in [3.05, 3.63) is 64.6 Å². The Morgan fingerprint density at radius 3 is 1.88 bits per heavy atom. The molecule has 3 nitrogen and oxygen atoms in total. The maximum absolute atomic E-state index is 12.9. The van der Waals surface area contributed by atoms with Crippen LogP contribution in [0.5, 0.6) is 0 Å². The first kappa shape index (κ1) is 18.3. The zero-order valence-corrected chi connectivity index (χ0v) is 13.4. The van der Waals surface area contributed by atoms with Gasteiger partial charge in [0.2, 0.25) is 9.84 Å². The summed E-state index contributed by atoms with van der Waals surface area (Å²) in [5, 5.41) is 3.13. The number of fused-ring (bicyclic) bond motifs is 1. The van der Waals surface area contributed by atoms with E-state index in [0.717, 1.165) is 5.41 Å². The fourth-order valence-corrected chi connectivity index (χ4v) is 3.87. The van der Waals surface area contributed by atoms with Crippen LogP contribution in [-0.4, -0.2) is 8.42 Å². The molecule has 0 bridgehead atoms. The summed E-state index contributed by atoms with van der Waals surface area (Å²) in [6.45, 7) is 0. The van der Waals surface area contributed by atoms with E-state index in [2.05, 4.69) is 5.32 Å². The lowest BCUT2D eigenvalue weighted by atomic mass is 10.1. The van der Waals surface area contributed by atoms with Crippen LogP contribution in [-0.2, 0) is 22.2 Å². The van der Waals surface area contributed by atoms with Crippen molar-refractivity contribution in [3.63, 3.8) is 0 Å². The van der Waals surface area contributed by atoms with Gasteiger partial charge < -0.3 is 5.32 Å². The minimum atomic E-state index is -4.99. The molecule has 3 rings (SSSR count). The fourth-order valence-electron chi connectivity index (χ4n) is 2.50. The molecule has 2 aromatic carbocycles. The Labute approximate surface area is 143 Å². The van der Waals surface area contributed by atoms with Gasteiger partial charge in [0.15, 0.2) is 0 Å². The minimum Gasteiger partial charge on any atom is -0.354 e. The topological polar surface area (TPSA) is 46.2 Å². The molecule has 0 atom stereocenters. The van der Waals surface area contributed by atoms with Gasteiger partial charge in [0.25, 0.3) is 0 Å². The second-order valence-electron chi connectivity index (χ2n) is 5.49. The van der Waals surface area contributed by atoms with Crippen LogP contribution in [0.2, 0.25) is 0 Å². The summed E-state index contributed by atoms with van der Waals surface area (Å²) in [5.74, 6) is 0. The lowest BCUT2D eigenvalue weighted by Gasteiger charge is -2.16. The van der Waals surface area contributed by atoms with Crippen LogP contribution in [0.1, 0.15) is 16.7 Å². The van der Waals surface area contributed by atoms with Crippen molar-refractivity contribution in [2.45, 2.75) is 17.2 Å². The number of benzene rings is 2. The summed E-state index contributed by atoms with van der Waals surface area (Å²) >= 11 is 0. The van der Waals surface area contributed by atoms with Gasteiger partial charge in [-0.1, -0.05) is 18.2 Å². The molecule has 138 valence electrons. The molecule has 2 aromatic rings. The Balaban J connectivity index is 2.09. The van der Waals surface area contributed by atoms with Gasteiger partial charge in [-0.3, -0.25) is 0 Å². The molecule has 0 fully saturated rings. The number of anilines is 1. The Hall–Kier alpha value is -2.49. The highest BCUT2D eigenvalue weighted by Crippen LogP contribution is 2.39. The van der Waals surface area contributed by atoms with E-state index >= 15 is 0 Å². The summed E-state index contributed by atoms with van der Waals surface area (Å²) in [6, 6.07) is 6.63. The van der Waals surface area contributed by atoms with E-state index in [9.17, 15) is 34.8 Å². The predicted octanol–water partition coefficient (Wildman–Crippen LogP) is 4.92. The van der Waals surface area contributed by atoms with Crippen molar-refractivity contribution in [1.29, 1.82) is 0 Å². The molecule has 10 heteroatoms. The highest BCUT2D eigenvalue weighted by Gasteiger charge is 2.37. The summed E-state index contributed by atoms with van der Waals surface area (Å²) < 4.78 is 101. The number of sulfone groups is 1. The van der Waals surface area contributed by atoms with E-state index in [1.165, 1.54) is 24.3 Å². The van der Waals surface area contributed by atoms with Crippen molar-refractivity contribution < 1.29 is 34.8 Å². The standard InChI is InChI=1S/C16H9F6NO2S/c17-15(18,19)9-5-10(16(20,21)22)7-11(6-9)23-13-8-26(24,25)14-4-2-1-3-12(13)14/h1-8,23H. The van der Waals surface area contributed by atoms with Gasteiger partial charge in [0.1, 0.15) is 0 Å². The molecule has 0 saturated carbocycles. The third-order valence-electron chi connectivity index (χ3n) is 3.62. The van der Waals surface area contributed by atoms with Crippen molar-refractivity contribution in [2.75, 3.05) is 5.32 Å². The zero-order chi connectivity index (χ0) is 19.3. The van der Waals surface area contributed by atoms with E-state index in [4.69, 9.17) is 0 Å². The zero-order valence-electron chi connectivity index (χ0n) is 12.6. The van der Waals surface area contributed by atoms with Gasteiger partial charge in [-0.15, -0.1) is 0 Å². The Morgan fingerprint density at radius 1 is 0.808 bits per heavy atom. The first-order valence-electron chi connectivity index (χ1n) is 7.01. The maximum atomic E-state index is 12.9. The van der Waals surface area contributed by atoms with E-state index in [-0.39, 0.29) is 22.2 Å². The largest absolute Gasteiger partial charge is 0.416 e. The van der Waals surface area contributed by atoms with E-state index < -0.39 is 39.0 Å². The van der Waals surface area contributed by atoms with Crippen LogP contribution in [0.3, 0.4) is 0 Å². The van der Waals surface area contributed by atoms with Crippen molar-refractivity contribution >= 4 is 21.2 Å². The molecular formula is C16H9F6NO2S. The number of rotatable bonds is 2. The van der Waals surface area contributed by atoms with Gasteiger partial charge >= 0.3 is 12.4 Å². The van der Waals surface area contributed by atoms with Crippen LogP contribution in [0.25, 0.3) is 5.70 Å². The summed E-state index contributed by atoms with van der Waals surface area (Å²) in [5.41, 5.74) is -3.45. The number of alkyl halides is 6. The molecule has 0 saturated heterocycles. The number of halogens is 6. The van der Waals surface area contributed by atoms with E-state index in [0.29, 0.717) is 12.1 Å². The summed E-state index contributed by atoms with van der Waals surface area (Å²) in [6.07, 6.45) is -9.99. The lowest BCUT2D eigenvalue weighted by molar-refractivity contribution is -0.143. The molecule has 1 N–H and O–H groups in total. The minimum absolute atomic E-state index is 0.00109. The fraction of sp³-hybridized carbons (Fsp3) is 0.125. The van der Waals surface area contributed by atoms with Gasteiger partial charge in [-0.05, 0) is 24.3 Å². The van der Waals surface area contributed by atoms with Crippen molar-refractivity contribution in [2.24, 2.45) is 0 Å². The quantitative estimate of drug-likeness (QED) is 0.737. The first-order chi connectivity index (χ1) is 11.9. The molecule has 26 heavy (non-hydrogen) atoms. The molecule has 0 aromatic heterocycles. The molecule has 0 amide bonds. The van der Waals surface area contributed by atoms with Crippen LogP contribution >= 0.6 is 0 Å². The molecular weight excluding hydrogens is 384 g/mol. The predicted molar refractivity (Wildman–Crippen MR) is 81.7 cm³/mol. The number of hydrogen-bond acceptors (Lipinski definition) is 3. The van der Waals surface area contributed by atoms with Crippen LogP contribution in [0, 0.1) is 0 Å². The van der Waals surface area contributed by atoms with Gasteiger partial charge in [-0.2, -0.15) is 26.3 Å². The van der Waals surface area contributed by atoms with Crippen LogP contribution in [0.4, 0.5) is 32.0 Å². The van der Waals surface area contributed by atoms with Crippen molar-refractivity contribution in [1.82, 2.24) is 0 Å². The third kappa shape index (κ3) is 3.41. The normalized spacial score (nSPS) is 16.2. The van der Waals surface area contributed by atoms with Gasteiger partial charge in [-0.25, -0.2) is 8.42 Å².